The lowest BCUT2D eigenvalue weighted by Crippen LogP contribution is -2.54. The van der Waals surface area contributed by atoms with Crippen LogP contribution in [0.25, 0.3) is 11.3 Å². The Kier molecular flexibility index (Phi) is 5.15. The highest BCUT2D eigenvalue weighted by Crippen LogP contribution is 2.31. The van der Waals surface area contributed by atoms with Gasteiger partial charge in [-0.05, 0) is 45.0 Å². The van der Waals surface area contributed by atoms with Gasteiger partial charge in [0.1, 0.15) is 11.4 Å². The highest BCUT2D eigenvalue weighted by Gasteiger charge is 2.36. The Bertz CT molecular complexity index is 914. The summed E-state index contributed by atoms with van der Waals surface area (Å²) in [6.45, 7) is 6.21. The average molecular weight is 392 g/mol. The zero-order chi connectivity index (χ0) is 19.8. The topological polar surface area (TPSA) is 73.7 Å². The highest BCUT2D eigenvalue weighted by molar-refractivity contribution is 6.30. The van der Waals surface area contributed by atoms with Crippen molar-refractivity contribution in [2.45, 2.75) is 32.4 Å². The third-order valence-corrected chi connectivity index (χ3v) is 4.36. The van der Waals surface area contributed by atoms with E-state index in [0.717, 1.165) is 5.56 Å². The number of halogens is 1. The van der Waals surface area contributed by atoms with Gasteiger partial charge >= 0.3 is 6.09 Å². The fraction of sp³-hybridized carbons (Fsp3) is 0.421. The van der Waals surface area contributed by atoms with Crippen LogP contribution in [0, 0.1) is 0 Å². The molecule has 3 rings (SSSR count). The van der Waals surface area contributed by atoms with Gasteiger partial charge in [-0.2, -0.15) is 5.10 Å². The Balaban J connectivity index is 1.80. The SMILES string of the molecule is COc1cc(Cl)ccc1-c1ccc(=O)n(C2CN(C(=O)OC(C)(C)C)C2)n1. The van der Waals surface area contributed by atoms with Crippen molar-refractivity contribution < 1.29 is 14.3 Å². The molecule has 1 aromatic heterocycles. The Labute approximate surface area is 162 Å². The summed E-state index contributed by atoms with van der Waals surface area (Å²) in [4.78, 5) is 25.9. The number of amides is 1. The second kappa shape index (κ2) is 7.23. The van der Waals surface area contributed by atoms with E-state index in [2.05, 4.69) is 5.10 Å². The van der Waals surface area contributed by atoms with Gasteiger partial charge in [0.15, 0.2) is 0 Å². The number of carbonyl (C=O) groups excluding carboxylic acids is 1. The van der Waals surface area contributed by atoms with Crippen LogP contribution in [-0.2, 0) is 4.74 Å². The van der Waals surface area contributed by atoms with Crippen LogP contribution in [0.2, 0.25) is 5.02 Å². The number of benzene rings is 1. The molecule has 0 bridgehead atoms. The standard InChI is InChI=1S/C19H22ClN3O4/c1-19(2,3)27-18(25)22-10-13(11-22)23-17(24)8-7-15(21-23)14-6-5-12(20)9-16(14)26-4/h5-9,13H,10-11H2,1-4H3. The van der Waals surface area contributed by atoms with Crippen molar-refractivity contribution in [3.8, 4) is 17.0 Å². The number of hydrogen-bond acceptors (Lipinski definition) is 5. The van der Waals surface area contributed by atoms with Crippen LogP contribution in [0.5, 0.6) is 5.75 Å². The number of aromatic nitrogens is 2. The van der Waals surface area contributed by atoms with Crippen LogP contribution >= 0.6 is 11.6 Å². The fourth-order valence-corrected chi connectivity index (χ4v) is 2.95. The van der Waals surface area contributed by atoms with Crippen LogP contribution in [0.15, 0.2) is 35.1 Å². The summed E-state index contributed by atoms with van der Waals surface area (Å²) in [5, 5.41) is 5.03. The minimum absolute atomic E-state index is 0.191. The molecule has 0 radical (unpaired) electrons. The van der Waals surface area contributed by atoms with E-state index in [1.165, 1.54) is 10.7 Å². The van der Waals surface area contributed by atoms with Gasteiger partial charge in [-0.3, -0.25) is 4.79 Å². The Hall–Kier alpha value is -2.54. The molecular weight excluding hydrogens is 370 g/mol. The molecule has 1 aliphatic heterocycles. The van der Waals surface area contributed by atoms with Crippen molar-refractivity contribution in [3.63, 3.8) is 0 Å². The third kappa shape index (κ3) is 4.24. The molecule has 1 fully saturated rings. The second-order valence-electron chi connectivity index (χ2n) is 7.39. The van der Waals surface area contributed by atoms with Crippen molar-refractivity contribution in [1.82, 2.24) is 14.7 Å². The summed E-state index contributed by atoms with van der Waals surface area (Å²) in [6, 6.07) is 8.16. The highest BCUT2D eigenvalue weighted by atomic mass is 35.5. The molecule has 8 heteroatoms. The molecule has 7 nitrogen and oxygen atoms in total. The first kappa shape index (κ1) is 19.2. The maximum atomic E-state index is 12.3. The minimum atomic E-state index is -0.553. The van der Waals surface area contributed by atoms with Gasteiger partial charge in [0.2, 0.25) is 0 Å². The molecule has 2 heterocycles. The molecule has 0 N–H and O–H groups in total. The number of carbonyl (C=O) groups is 1. The summed E-state index contributed by atoms with van der Waals surface area (Å²) in [5.41, 5.74) is 0.556. The fourth-order valence-electron chi connectivity index (χ4n) is 2.79. The lowest BCUT2D eigenvalue weighted by atomic mass is 10.1. The predicted octanol–water partition coefficient (Wildman–Crippen LogP) is 3.36. The van der Waals surface area contributed by atoms with Gasteiger partial charge in [0, 0.05) is 29.7 Å². The molecule has 1 amide bonds. The second-order valence-corrected chi connectivity index (χ2v) is 7.82. The number of hydrogen-bond donors (Lipinski definition) is 0. The number of ether oxygens (including phenoxy) is 2. The van der Waals surface area contributed by atoms with Crippen LogP contribution in [0.3, 0.4) is 0 Å². The van der Waals surface area contributed by atoms with Gasteiger partial charge in [0.25, 0.3) is 5.56 Å². The summed E-state index contributed by atoms with van der Waals surface area (Å²) < 4.78 is 12.1. The zero-order valence-corrected chi connectivity index (χ0v) is 16.5. The molecule has 1 aliphatic rings. The van der Waals surface area contributed by atoms with E-state index < -0.39 is 5.60 Å². The number of likely N-dealkylation sites (tertiary alicyclic amines) is 1. The molecule has 2 aromatic rings. The molecule has 0 spiro atoms. The van der Waals surface area contributed by atoms with Crippen LogP contribution in [-0.4, -0.2) is 46.6 Å². The van der Waals surface area contributed by atoms with E-state index in [0.29, 0.717) is 29.6 Å². The van der Waals surface area contributed by atoms with E-state index in [1.54, 1.807) is 36.3 Å². The maximum Gasteiger partial charge on any atom is 0.410 e. The number of nitrogens with zero attached hydrogens (tertiary/aromatic N) is 3. The van der Waals surface area contributed by atoms with Gasteiger partial charge in [-0.1, -0.05) is 11.6 Å². The van der Waals surface area contributed by atoms with E-state index >= 15 is 0 Å². The molecule has 1 saturated heterocycles. The average Bonchev–Trinajstić information content (AvgIpc) is 2.53. The summed E-state index contributed by atoms with van der Waals surface area (Å²) >= 11 is 6.01. The minimum Gasteiger partial charge on any atom is -0.496 e. The van der Waals surface area contributed by atoms with Gasteiger partial charge in [-0.15, -0.1) is 0 Å². The zero-order valence-electron chi connectivity index (χ0n) is 15.7. The van der Waals surface area contributed by atoms with Crippen molar-refractivity contribution >= 4 is 17.7 Å². The van der Waals surface area contributed by atoms with Crippen LogP contribution < -0.4 is 10.3 Å². The van der Waals surface area contributed by atoms with Crippen LogP contribution in [0.4, 0.5) is 4.79 Å². The van der Waals surface area contributed by atoms with Crippen molar-refractivity contribution in [3.05, 3.63) is 45.7 Å². The maximum absolute atomic E-state index is 12.3. The monoisotopic (exact) mass is 391 g/mol. The first-order valence-corrected chi connectivity index (χ1v) is 8.97. The van der Waals surface area contributed by atoms with Gasteiger partial charge in [-0.25, -0.2) is 9.48 Å². The normalized spacial score (nSPS) is 14.6. The first-order chi connectivity index (χ1) is 12.7. The molecule has 0 aliphatic carbocycles. The van der Waals surface area contributed by atoms with Crippen molar-refractivity contribution in [2.24, 2.45) is 0 Å². The van der Waals surface area contributed by atoms with Crippen LogP contribution in [0.1, 0.15) is 26.8 Å². The molecule has 0 unspecified atom stereocenters. The van der Waals surface area contributed by atoms with Gasteiger partial charge < -0.3 is 14.4 Å². The Morgan fingerprint density at radius 3 is 2.56 bits per heavy atom. The van der Waals surface area contributed by atoms with E-state index in [-0.39, 0.29) is 17.7 Å². The first-order valence-electron chi connectivity index (χ1n) is 8.59. The third-order valence-electron chi connectivity index (χ3n) is 4.12. The molecule has 1 aromatic carbocycles. The van der Waals surface area contributed by atoms with E-state index in [4.69, 9.17) is 21.1 Å². The predicted molar refractivity (Wildman–Crippen MR) is 102 cm³/mol. The molecule has 144 valence electrons. The molecular formula is C19H22ClN3O4. The lowest BCUT2D eigenvalue weighted by molar-refractivity contribution is -0.000985. The van der Waals surface area contributed by atoms with Gasteiger partial charge in [0.05, 0.1) is 18.8 Å². The van der Waals surface area contributed by atoms with Crippen molar-refractivity contribution in [1.29, 1.82) is 0 Å². The lowest BCUT2D eigenvalue weighted by Gasteiger charge is -2.39. The summed E-state index contributed by atoms with van der Waals surface area (Å²) in [5.74, 6) is 0.573. The molecule has 0 atom stereocenters. The number of methoxy groups -OCH3 is 1. The van der Waals surface area contributed by atoms with E-state index in [1.807, 2.05) is 20.8 Å². The van der Waals surface area contributed by atoms with E-state index in [9.17, 15) is 9.59 Å². The molecule has 0 saturated carbocycles. The summed E-state index contributed by atoms with van der Waals surface area (Å²) in [6.07, 6.45) is -0.387. The molecule has 27 heavy (non-hydrogen) atoms. The largest absolute Gasteiger partial charge is 0.496 e. The Morgan fingerprint density at radius 2 is 1.93 bits per heavy atom. The smallest absolute Gasteiger partial charge is 0.410 e. The number of rotatable bonds is 3. The Morgan fingerprint density at radius 1 is 1.22 bits per heavy atom. The van der Waals surface area contributed by atoms with Crippen molar-refractivity contribution in [2.75, 3.05) is 20.2 Å². The summed E-state index contributed by atoms with van der Waals surface area (Å²) in [7, 11) is 1.55. The quantitative estimate of drug-likeness (QED) is 0.802.